The third-order valence-electron chi connectivity index (χ3n) is 3.07. The van der Waals surface area contributed by atoms with Crippen molar-refractivity contribution in [3.63, 3.8) is 0 Å². The van der Waals surface area contributed by atoms with Crippen LogP contribution in [0.1, 0.15) is 25.1 Å². The first-order valence-corrected chi connectivity index (χ1v) is 6.78. The van der Waals surface area contributed by atoms with Crippen molar-refractivity contribution in [1.29, 1.82) is 0 Å². The number of hydrogen-bond donors (Lipinski definition) is 1. The number of nitrogen functional groups attached to an aromatic ring is 1. The Kier molecular flexibility index (Phi) is 4.23. The molecule has 0 amide bonds. The molecule has 2 N–H and O–H groups in total. The Morgan fingerprint density at radius 2 is 1.95 bits per heavy atom. The number of nitrogens with two attached hydrogens (primary N) is 1. The summed E-state index contributed by atoms with van der Waals surface area (Å²) in [4.78, 5) is 8.94. The Morgan fingerprint density at radius 3 is 2.55 bits per heavy atom. The van der Waals surface area contributed by atoms with Crippen molar-refractivity contribution < 1.29 is 4.74 Å². The number of aromatic nitrogens is 2. The van der Waals surface area contributed by atoms with Crippen molar-refractivity contribution in [3.05, 3.63) is 35.5 Å². The van der Waals surface area contributed by atoms with Gasteiger partial charge in [0.05, 0.1) is 7.11 Å². The Balaban J connectivity index is 2.41. The number of methoxy groups -OCH3 is 1. The van der Waals surface area contributed by atoms with E-state index >= 15 is 0 Å². The quantitative estimate of drug-likeness (QED) is 0.927. The highest BCUT2D eigenvalue weighted by molar-refractivity contribution is 5.60. The van der Waals surface area contributed by atoms with Crippen molar-refractivity contribution in [3.8, 4) is 17.1 Å². The monoisotopic (exact) mass is 271 g/mol. The number of aryl methyl sites for hydroxylation is 1. The van der Waals surface area contributed by atoms with E-state index in [-0.39, 0.29) is 0 Å². The molecule has 2 aromatic rings. The summed E-state index contributed by atoms with van der Waals surface area (Å²) in [5, 5.41) is 0. The van der Waals surface area contributed by atoms with E-state index < -0.39 is 0 Å². The number of hydrogen-bond acceptors (Lipinski definition) is 4. The zero-order valence-corrected chi connectivity index (χ0v) is 12.5. The van der Waals surface area contributed by atoms with Crippen LogP contribution in [0.2, 0.25) is 0 Å². The van der Waals surface area contributed by atoms with Crippen LogP contribution in [0.25, 0.3) is 11.4 Å². The van der Waals surface area contributed by atoms with Crippen LogP contribution >= 0.6 is 0 Å². The fraction of sp³-hybridized carbons (Fsp3) is 0.375. The van der Waals surface area contributed by atoms with Crippen LogP contribution in [-0.2, 0) is 6.42 Å². The van der Waals surface area contributed by atoms with Gasteiger partial charge in [-0.05, 0) is 43.0 Å². The fourth-order valence-corrected chi connectivity index (χ4v) is 2.19. The fourth-order valence-electron chi connectivity index (χ4n) is 2.19. The van der Waals surface area contributed by atoms with Gasteiger partial charge in [0.25, 0.3) is 0 Å². The van der Waals surface area contributed by atoms with Crippen molar-refractivity contribution in [1.82, 2.24) is 9.97 Å². The second kappa shape index (κ2) is 5.90. The number of ether oxygens (including phenoxy) is 1. The zero-order valence-electron chi connectivity index (χ0n) is 12.5. The predicted molar refractivity (Wildman–Crippen MR) is 81.7 cm³/mol. The van der Waals surface area contributed by atoms with Gasteiger partial charge in [0.2, 0.25) is 0 Å². The summed E-state index contributed by atoms with van der Waals surface area (Å²) in [5.74, 6) is 2.58. The van der Waals surface area contributed by atoms with E-state index in [0.29, 0.717) is 17.6 Å². The van der Waals surface area contributed by atoms with E-state index in [1.807, 2.05) is 31.2 Å². The Morgan fingerprint density at radius 1 is 1.20 bits per heavy atom. The Bertz CT molecular complexity index is 609. The second-order valence-electron chi connectivity index (χ2n) is 5.39. The molecule has 0 aliphatic carbocycles. The lowest BCUT2D eigenvalue weighted by Crippen LogP contribution is -2.03. The minimum atomic E-state index is 0.513. The van der Waals surface area contributed by atoms with Gasteiger partial charge >= 0.3 is 0 Å². The van der Waals surface area contributed by atoms with Crippen molar-refractivity contribution >= 4 is 5.82 Å². The molecule has 0 spiro atoms. The summed E-state index contributed by atoms with van der Waals surface area (Å²) in [6.45, 7) is 6.33. The van der Waals surface area contributed by atoms with Crippen LogP contribution in [0.4, 0.5) is 5.82 Å². The maximum atomic E-state index is 5.89. The molecular weight excluding hydrogens is 250 g/mol. The van der Waals surface area contributed by atoms with Crippen LogP contribution in [0.15, 0.2) is 24.3 Å². The Labute approximate surface area is 120 Å². The summed E-state index contributed by atoms with van der Waals surface area (Å²) >= 11 is 0. The van der Waals surface area contributed by atoms with Crippen molar-refractivity contribution in [2.75, 3.05) is 12.8 Å². The van der Waals surface area contributed by atoms with Gasteiger partial charge in [-0.25, -0.2) is 9.97 Å². The van der Waals surface area contributed by atoms with E-state index in [0.717, 1.165) is 29.0 Å². The number of rotatable bonds is 4. The summed E-state index contributed by atoms with van der Waals surface area (Å²) in [6, 6.07) is 7.76. The highest BCUT2D eigenvalue weighted by Gasteiger charge is 2.09. The molecule has 106 valence electrons. The molecule has 0 fully saturated rings. The summed E-state index contributed by atoms with van der Waals surface area (Å²) in [7, 11) is 1.67. The highest BCUT2D eigenvalue weighted by Crippen LogP contribution is 2.25. The van der Waals surface area contributed by atoms with Crippen LogP contribution in [0.3, 0.4) is 0 Å². The number of benzene rings is 1. The topological polar surface area (TPSA) is 61.0 Å². The molecule has 0 unspecified atom stereocenters. The maximum absolute atomic E-state index is 5.89. The molecule has 2 rings (SSSR count). The summed E-state index contributed by atoms with van der Waals surface area (Å²) < 4.78 is 5.27. The van der Waals surface area contributed by atoms with E-state index in [4.69, 9.17) is 10.5 Å². The van der Waals surface area contributed by atoms with Crippen LogP contribution in [0.5, 0.6) is 5.75 Å². The molecule has 4 nitrogen and oxygen atoms in total. The lowest BCUT2D eigenvalue weighted by Gasteiger charge is -2.10. The number of nitrogens with zero attached hydrogens (tertiary/aromatic N) is 2. The molecule has 0 aliphatic heterocycles. The van der Waals surface area contributed by atoms with Gasteiger partial charge in [-0.15, -0.1) is 0 Å². The average molecular weight is 271 g/mol. The predicted octanol–water partition coefficient (Wildman–Crippen LogP) is 3.24. The summed E-state index contributed by atoms with van der Waals surface area (Å²) in [6.07, 6.45) is 0.898. The van der Waals surface area contributed by atoms with E-state index in [2.05, 4.69) is 23.8 Å². The van der Waals surface area contributed by atoms with Gasteiger partial charge in [-0.1, -0.05) is 13.8 Å². The lowest BCUT2D eigenvalue weighted by molar-refractivity contribution is 0.412. The van der Waals surface area contributed by atoms with Crippen LogP contribution in [-0.4, -0.2) is 17.1 Å². The molecule has 0 aliphatic rings. The molecule has 20 heavy (non-hydrogen) atoms. The van der Waals surface area contributed by atoms with Gasteiger partial charge in [0.1, 0.15) is 11.6 Å². The molecule has 0 radical (unpaired) electrons. The summed E-state index contributed by atoms with van der Waals surface area (Å²) in [5.41, 5.74) is 8.89. The van der Waals surface area contributed by atoms with E-state index in [1.54, 1.807) is 7.11 Å². The minimum Gasteiger partial charge on any atom is -0.496 e. The van der Waals surface area contributed by atoms with Crippen LogP contribution < -0.4 is 10.5 Å². The highest BCUT2D eigenvalue weighted by atomic mass is 16.5. The minimum absolute atomic E-state index is 0.513. The molecule has 4 heteroatoms. The van der Waals surface area contributed by atoms with Gasteiger partial charge in [0.15, 0.2) is 5.82 Å². The third-order valence-corrected chi connectivity index (χ3v) is 3.07. The first kappa shape index (κ1) is 14.3. The van der Waals surface area contributed by atoms with Crippen molar-refractivity contribution in [2.24, 2.45) is 5.92 Å². The normalized spacial score (nSPS) is 10.8. The van der Waals surface area contributed by atoms with E-state index in [9.17, 15) is 0 Å². The molecule has 1 aromatic carbocycles. The molecule has 1 heterocycles. The molecule has 0 atom stereocenters. The third kappa shape index (κ3) is 3.26. The van der Waals surface area contributed by atoms with Gasteiger partial charge in [0, 0.05) is 17.3 Å². The standard InChI is InChI=1S/C16H21N3O/c1-10(2)7-13-9-15(17)19-16(18-13)12-5-6-14(20-4)11(3)8-12/h5-6,8-10H,7H2,1-4H3,(H2,17,18,19). The van der Waals surface area contributed by atoms with Gasteiger partial charge in [-0.3, -0.25) is 0 Å². The lowest BCUT2D eigenvalue weighted by atomic mass is 10.1. The van der Waals surface area contributed by atoms with Crippen molar-refractivity contribution in [2.45, 2.75) is 27.2 Å². The second-order valence-corrected chi connectivity index (χ2v) is 5.39. The largest absolute Gasteiger partial charge is 0.496 e. The first-order valence-electron chi connectivity index (χ1n) is 6.78. The molecule has 1 aromatic heterocycles. The van der Waals surface area contributed by atoms with Gasteiger partial charge in [-0.2, -0.15) is 0 Å². The molecule has 0 saturated carbocycles. The van der Waals surface area contributed by atoms with E-state index in [1.165, 1.54) is 0 Å². The average Bonchev–Trinajstić information content (AvgIpc) is 2.37. The Hall–Kier alpha value is -2.10. The molecule has 0 saturated heterocycles. The SMILES string of the molecule is COc1ccc(-c2nc(N)cc(CC(C)C)n2)cc1C. The molecular formula is C16H21N3O. The van der Waals surface area contributed by atoms with Gasteiger partial charge < -0.3 is 10.5 Å². The smallest absolute Gasteiger partial charge is 0.161 e. The maximum Gasteiger partial charge on any atom is 0.161 e. The van der Waals surface area contributed by atoms with Crippen LogP contribution in [0, 0.1) is 12.8 Å². The first-order chi connectivity index (χ1) is 9.49. The number of anilines is 1. The molecule has 0 bridgehead atoms. The zero-order chi connectivity index (χ0) is 14.7.